The molecule has 0 aliphatic carbocycles. The summed E-state index contributed by atoms with van der Waals surface area (Å²) in [5, 5.41) is 17.7. The minimum Gasteiger partial charge on any atom is -1.00 e. The molecule has 0 radical (unpaired) electrons. The van der Waals surface area contributed by atoms with Crippen molar-refractivity contribution in [1.82, 2.24) is 0 Å². The fraction of sp³-hybridized carbons (Fsp3) is 0.176. The molecule has 2 aromatic carbocycles. The summed E-state index contributed by atoms with van der Waals surface area (Å²) in [6.45, 7) is 0. The van der Waals surface area contributed by atoms with Crippen LogP contribution in [0, 0.1) is 42.4 Å². The Hall–Kier alpha value is -1.79. The van der Waals surface area contributed by atoms with Crippen LogP contribution in [0.25, 0.3) is 0 Å². The van der Waals surface area contributed by atoms with Crippen LogP contribution >= 0.6 is 0 Å². The van der Waals surface area contributed by atoms with Crippen LogP contribution in [-0.2, 0) is 0 Å². The van der Waals surface area contributed by atoms with Gasteiger partial charge in [0.2, 0.25) is 0 Å². The number of hydrogen-bond acceptors (Lipinski definition) is 5. The Morgan fingerprint density at radius 2 is 1.61 bits per heavy atom. The van der Waals surface area contributed by atoms with E-state index in [-0.39, 0.29) is 32.5 Å². The molecule has 0 spiro atoms. The van der Waals surface area contributed by atoms with Crippen LogP contribution in [0.5, 0.6) is 11.5 Å². The molecule has 6 heteroatoms. The van der Waals surface area contributed by atoms with Gasteiger partial charge in [-0.1, -0.05) is 30.3 Å². The topological polar surface area (TPSA) is 79.6 Å². The first-order valence-electron chi connectivity index (χ1n) is 6.46. The van der Waals surface area contributed by atoms with Gasteiger partial charge in [0, 0.05) is 36.7 Å². The summed E-state index contributed by atoms with van der Waals surface area (Å²) < 4.78 is 9.86. The number of carbonyl (C=O) groups excluding carboxylic acids is 1. The van der Waals surface area contributed by atoms with Crippen LogP contribution in [0.15, 0.2) is 48.5 Å². The van der Waals surface area contributed by atoms with E-state index in [0.717, 1.165) is 6.29 Å². The van der Waals surface area contributed by atoms with Crippen LogP contribution in [0.1, 0.15) is 23.5 Å². The molecule has 2 rings (SSSR count). The van der Waals surface area contributed by atoms with Gasteiger partial charge in [0.15, 0.2) is 12.4 Å². The monoisotopic (exact) mass is 540 g/mol. The first kappa shape index (κ1) is 21.2. The second-order valence-corrected chi connectivity index (χ2v) is 4.13. The predicted molar refractivity (Wildman–Crippen MR) is 83.1 cm³/mol. The van der Waals surface area contributed by atoms with Crippen molar-refractivity contribution >= 4 is 6.29 Å². The molecule has 5 nitrogen and oxygen atoms in total. The van der Waals surface area contributed by atoms with E-state index in [2.05, 4.69) is 0 Å². The van der Waals surface area contributed by atoms with E-state index in [0.29, 0.717) is 22.6 Å². The number of aldehydes is 1. The van der Waals surface area contributed by atoms with Gasteiger partial charge in [-0.15, -0.1) is 0 Å². The largest absolute Gasteiger partial charge is 1.00 e. The van der Waals surface area contributed by atoms with Crippen LogP contribution in [0.2, 0.25) is 0 Å². The fourth-order valence-corrected chi connectivity index (χ4v) is 1.73. The summed E-state index contributed by atoms with van der Waals surface area (Å²) >= 11 is 0. The Bertz CT molecular complexity index is 661. The minimum absolute atomic E-state index is 0. The molecule has 1 atom stereocenters. The first-order valence-corrected chi connectivity index (χ1v) is 6.46. The molecule has 1 N–H and O–H groups in total. The van der Waals surface area contributed by atoms with Gasteiger partial charge < -0.3 is 16.0 Å². The molecule has 0 aromatic heterocycles. The third kappa shape index (κ3) is 6.46. The smallest absolute Gasteiger partial charge is 0.169 e. The number of nitrogens with zero attached hydrogens (tertiary/aromatic N) is 1. The molecule has 2 aromatic rings. The van der Waals surface area contributed by atoms with Crippen molar-refractivity contribution in [3.05, 3.63) is 59.7 Å². The number of carbonyl (C=O) groups is 1. The van der Waals surface area contributed by atoms with Crippen LogP contribution in [-0.4, -0.2) is 25.6 Å². The quantitative estimate of drug-likeness (QED) is 0.477. The average Bonchev–Trinajstić information content (AvgIpc) is 2.61. The van der Waals surface area contributed by atoms with Gasteiger partial charge in [0.05, 0.1) is 25.9 Å². The molecule has 0 heterocycles. The zero-order chi connectivity index (χ0) is 16.4. The second-order valence-electron chi connectivity index (χ2n) is 4.13. The summed E-state index contributed by atoms with van der Waals surface area (Å²) in [5.41, 5.74) is 1.09. The molecular weight excluding hydrogens is 520 g/mol. The van der Waals surface area contributed by atoms with Crippen molar-refractivity contribution in [3.8, 4) is 17.6 Å². The molecule has 0 amide bonds. The summed E-state index contributed by atoms with van der Waals surface area (Å²) in [7, 11) is 3.05. The zero-order valence-corrected chi connectivity index (χ0v) is 17.1. The van der Waals surface area contributed by atoms with Crippen molar-refractivity contribution in [2.75, 3.05) is 14.2 Å². The van der Waals surface area contributed by atoms with E-state index in [1.165, 1.54) is 7.11 Å². The summed E-state index contributed by atoms with van der Waals surface area (Å²) in [6.07, 6.45) is -0.333. The van der Waals surface area contributed by atoms with Crippen molar-refractivity contribution in [3.63, 3.8) is 0 Å². The third-order valence-electron chi connectivity index (χ3n) is 2.82. The average molecular weight is 540 g/mol. The van der Waals surface area contributed by atoms with Crippen LogP contribution in [0.4, 0.5) is 0 Å². The molecule has 0 bridgehead atoms. The number of hydrogen-bond donors (Lipinski definition) is 1. The van der Waals surface area contributed by atoms with E-state index >= 15 is 0 Å². The van der Waals surface area contributed by atoms with Gasteiger partial charge in [0.25, 0.3) is 0 Å². The van der Waals surface area contributed by atoms with E-state index in [9.17, 15) is 9.90 Å². The number of methoxy groups -OCH3 is 2. The molecule has 0 saturated carbocycles. The summed E-state index contributed by atoms with van der Waals surface area (Å²) in [5.74, 6) is 1.16. The van der Waals surface area contributed by atoms with Gasteiger partial charge in [-0.05, 0) is 18.2 Å². The molecule has 0 aliphatic rings. The standard InChI is InChI=1S/C9H9NO2.C8H8O2.U.H/c1-12-9-5-3-2-4-7(9)8(11)6-10;1-10-8-5-3-2-4-7(8)6-9;;/h2-5,8,11H,1H3;2-6H,1H3;;/q;;;-1/t8-;;;/m0.../s1/i;;;1+2. The number of para-hydroxylation sites is 2. The third-order valence-corrected chi connectivity index (χ3v) is 2.82. The minimum atomic E-state index is -1.11. The van der Waals surface area contributed by atoms with E-state index in [1.54, 1.807) is 55.6 Å². The van der Waals surface area contributed by atoms with Crippen molar-refractivity contribution < 1.29 is 51.9 Å². The van der Waals surface area contributed by atoms with Crippen molar-refractivity contribution in [1.29, 1.82) is 5.26 Å². The van der Waals surface area contributed by atoms with Gasteiger partial charge in [0.1, 0.15) is 11.5 Å². The summed E-state index contributed by atoms with van der Waals surface area (Å²) in [6, 6.07) is 15.7. The maximum Gasteiger partial charge on any atom is 0.169 e. The fourth-order valence-electron chi connectivity index (χ4n) is 1.73. The summed E-state index contributed by atoms with van der Waals surface area (Å²) in [4.78, 5) is 10.3. The normalized spacial score (nSPS) is 10.0. The second kappa shape index (κ2) is 11.7. The van der Waals surface area contributed by atoms with Crippen molar-refractivity contribution in [2.45, 2.75) is 6.10 Å². The van der Waals surface area contributed by atoms with Gasteiger partial charge in [-0.3, -0.25) is 4.79 Å². The predicted octanol–water partition coefficient (Wildman–Crippen LogP) is 2.87. The number of benzene rings is 2. The maximum absolute atomic E-state index is 10.3. The van der Waals surface area contributed by atoms with Gasteiger partial charge >= 0.3 is 0 Å². The number of aliphatic hydroxyl groups excluding tert-OH is 1. The molecular formula is C17H18NO4U-. The number of aliphatic hydroxyl groups is 1. The zero-order valence-electron chi connectivity index (χ0n) is 13.9. The van der Waals surface area contributed by atoms with Crippen molar-refractivity contribution in [2.24, 2.45) is 0 Å². The number of nitriles is 1. The first-order chi connectivity index (χ1) is 10.7. The Balaban J connectivity index is 0. The molecule has 23 heavy (non-hydrogen) atoms. The number of ether oxygens (including phenoxy) is 2. The maximum atomic E-state index is 10.3. The molecule has 0 saturated heterocycles. The van der Waals surface area contributed by atoms with Gasteiger partial charge in [-0.25, -0.2) is 0 Å². The van der Waals surface area contributed by atoms with E-state index < -0.39 is 6.10 Å². The Labute approximate surface area is 160 Å². The van der Waals surface area contributed by atoms with E-state index in [1.807, 2.05) is 6.07 Å². The number of rotatable bonds is 4. The molecule has 0 fully saturated rings. The Morgan fingerprint density at radius 3 is 2.09 bits per heavy atom. The Kier molecular flexibility index (Phi) is 10.8. The SMILES string of the molecule is COc1ccccc1C=O.COc1ccccc1[C@@H](O)C#N.[3H-].[U]. The molecule has 0 unspecified atom stereocenters. The van der Waals surface area contributed by atoms with E-state index in [4.69, 9.17) is 14.7 Å². The Morgan fingerprint density at radius 1 is 1.09 bits per heavy atom. The van der Waals surface area contributed by atoms with Gasteiger partial charge in [-0.2, -0.15) is 5.26 Å². The molecule has 120 valence electrons. The van der Waals surface area contributed by atoms with Crippen LogP contribution < -0.4 is 9.47 Å². The van der Waals surface area contributed by atoms with Crippen LogP contribution in [0.3, 0.4) is 0 Å². The molecule has 0 aliphatic heterocycles.